The Hall–Kier alpha value is -2.36. The van der Waals surface area contributed by atoms with Crippen LogP contribution in [0.5, 0.6) is 5.75 Å². The molecular weight excluding hydrogens is 447 g/mol. The van der Waals surface area contributed by atoms with Gasteiger partial charge in [-0.1, -0.05) is 30.3 Å². The van der Waals surface area contributed by atoms with Crippen LogP contribution in [-0.4, -0.2) is 24.5 Å². The number of hydrogen-bond acceptors (Lipinski definition) is 4. The van der Waals surface area contributed by atoms with Crippen molar-refractivity contribution in [3.8, 4) is 5.75 Å². The SMILES string of the molecule is CCOc1ccccc1CNC(=NC)NCc1ccc([N+](=O)[O-])cc1.I. The maximum atomic E-state index is 10.7. The molecule has 140 valence electrons. The van der Waals surface area contributed by atoms with Gasteiger partial charge in [-0.2, -0.15) is 0 Å². The highest BCUT2D eigenvalue weighted by Crippen LogP contribution is 2.17. The molecule has 2 rings (SSSR count). The molecule has 2 N–H and O–H groups in total. The van der Waals surface area contributed by atoms with Crippen LogP contribution in [0, 0.1) is 10.1 Å². The van der Waals surface area contributed by atoms with Crippen LogP contribution in [0.15, 0.2) is 53.5 Å². The lowest BCUT2D eigenvalue weighted by Gasteiger charge is -2.14. The van der Waals surface area contributed by atoms with Gasteiger partial charge in [0.2, 0.25) is 0 Å². The number of aliphatic imine (C=N–C) groups is 1. The molecule has 2 aromatic carbocycles. The first-order valence-corrected chi connectivity index (χ1v) is 8.02. The van der Waals surface area contributed by atoms with Gasteiger partial charge in [0.05, 0.1) is 11.5 Å². The van der Waals surface area contributed by atoms with Crippen molar-refractivity contribution in [2.75, 3.05) is 13.7 Å². The Morgan fingerprint density at radius 2 is 1.77 bits per heavy atom. The van der Waals surface area contributed by atoms with E-state index in [1.54, 1.807) is 19.2 Å². The van der Waals surface area contributed by atoms with E-state index in [0.29, 0.717) is 25.7 Å². The van der Waals surface area contributed by atoms with Gasteiger partial charge in [0, 0.05) is 37.8 Å². The number of nitrogens with one attached hydrogen (secondary N) is 2. The molecule has 0 aliphatic carbocycles. The van der Waals surface area contributed by atoms with E-state index in [-0.39, 0.29) is 29.7 Å². The second-order valence-corrected chi connectivity index (χ2v) is 5.24. The lowest BCUT2D eigenvalue weighted by atomic mass is 10.2. The largest absolute Gasteiger partial charge is 0.494 e. The predicted molar refractivity (Wildman–Crippen MR) is 113 cm³/mol. The predicted octanol–water partition coefficient (Wildman–Crippen LogP) is 3.48. The van der Waals surface area contributed by atoms with Crippen LogP contribution < -0.4 is 15.4 Å². The van der Waals surface area contributed by atoms with Crippen molar-refractivity contribution in [2.24, 2.45) is 4.99 Å². The average molecular weight is 470 g/mol. The summed E-state index contributed by atoms with van der Waals surface area (Å²) in [5, 5.41) is 17.1. The van der Waals surface area contributed by atoms with E-state index in [4.69, 9.17) is 4.74 Å². The van der Waals surface area contributed by atoms with Gasteiger partial charge in [-0.3, -0.25) is 15.1 Å². The molecule has 0 aliphatic rings. The molecule has 8 heteroatoms. The summed E-state index contributed by atoms with van der Waals surface area (Å²) >= 11 is 0. The first-order chi connectivity index (χ1) is 12.1. The second kappa shape index (κ2) is 11.3. The van der Waals surface area contributed by atoms with Crippen molar-refractivity contribution in [3.63, 3.8) is 0 Å². The van der Waals surface area contributed by atoms with E-state index in [2.05, 4.69) is 15.6 Å². The number of hydrogen-bond donors (Lipinski definition) is 2. The Balaban J connectivity index is 0.00000338. The number of guanidine groups is 1. The first kappa shape index (κ1) is 21.7. The van der Waals surface area contributed by atoms with Gasteiger partial charge in [0.15, 0.2) is 5.96 Å². The highest BCUT2D eigenvalue weighted by atomic mass is 127. The summed E-state index contributed by atoms with van der Waals surface area (Å²) in [6.45, 7) is 3.67. The zero-order valence-electron chi connectivity index (χ0n) is 14.8. The summed E-state index contributed by atoms with van der Waals surface area (Å²) < 4.78 is 5.61. The van der Waals surface area contributed by atoms with Crippen molar-refractivity contribution in [1.29, 1.82) is 0 Å². The highest BCUT2D eigenvalue weighted by Gasteiger charge is 2.06. The van der Waals surface area contributed by atoms with Crippen LogP contribution >= 0.6 is 24.0 Å². The lowest BCUT2D eigenvalue weighted by Crippen LogP contribution is -2.36. The van der Waals surface area contributed by atoms with E-state index in [1.165, 1.54) is 12.1 Å². The number of nitro groups is 1. The molecule has 0 bridgehead atoms. The van der Waals surface area contributed by atoms with E-state index < -0.39 is 4.92 Å². The van der Waals surface area contributed by atoms with Crippen LogP contribution in [0.3, 0.4) is 0 Å². The lowest BCUT2D eigenvalue weighted by molar-refractivity contribution is -0.384. The minimum atomic E-state index is -0.409. The number of nitrogens with zero attached hydrogens (tertiary/aromatic N) is 2. The fraction of sp³-hybridized carbons (Fsp3) is 0.278. The molecule has 7 nitrogen and oxygen atoms in total. The molecule has 0 amide bonds. The Kier molecular flexibility index (Phi) is 9.42. The van der Waals surface area contributed by atoms with Gasteiger partial charge in [0.25, 0.3) is 5.69 Å². The standard InChI is InChI=1S/C18H22N4O3.HI/c1-3-25-17-7-5-4-6-15(17)13-21-18(19-2)20-12-14-8-10-16(11-9-14)22(23)24;/h4-11H,3,12-13H2,1-2H3,(H2,19,20,21);1H. The third-order valence-electron chi connectivity index (χ3n) is 3.55. The second-order valence-electron chi connectivity index (χ2n) is 5.24. The number of rotatable bonds is 7. The molecule has 0 fully saturated rings. The van der Waals surface area contributed by atoms with Gasteiger partial charge in [-0.25, -0.2) is 0 Å². The highest BCUT2D eigenvalue weighted by molar-refractivity contribution is 14.0. The topological polar surface area (TPSA) is 88.8 Å². The first-order valence-electron chi connectivity index (χ1n) is 8.02. The zero-order valence-corrected chi connectivity index (χ0v) is 17.1. The van der Waals surface area contributed by atoms with Crippen LogP contribution in [-0.2, 0) is 13.1 Å². The fourth-order valence-corrected chi connectivity index (χ4v) is 2.27. The smallest absolute Gasteiger partial charge is 0.269 e. The third kappa shape index (κ3) is 6.51. The van der Waals surface area contributed by atoms with E-state index in [9.17, 15) is 10.1 Å². The number of ether oxygens (including phenoxy) is 1. The minimum Gasteiger partial charge on any atom is -0.494 e. The van der Waals surface area contributed by atoms with Gasteiger partial charge in [-0.05, 0) is 18.6 Å². The number of non-ortho nitro benzene ring substituents is 1. The molecular formula is C18H23IN4O3. The van der Waals surface area contributed by atoms with Crippen molar-refractivity contribution < 1.29 is 9.66 Å². The molecule has 2 aromatic rings. The molecule has 0 spiro atoms. The van der Waals surface area contributed by atoms with Crippen LogP contribution in [0.4, 0.5) is 5.69 Å². The molecule has 0 aromatic heterocycles. The van der Waals surface area contributed by atoms with Crippen molar-refractivity contribution in [2.45, 2.75) is 20.0 Å². The summed E-state index contributed by atoms with van der Waals surface area (Å²) in [6.07, 6.45) is 0. The van der Waals surface area contributed by atoms with Crippen molar-refractivity contribution in [3.05, 3.63) is 69.8 Å². The number of para-hydroxylation sites is 1. The van der Waals surface area contributed by atoms with Gasteiger partial charge in [-0.15, -0.1) is 24.0 Å². The van der Waals surface area contributed by atoms with Gasteiger partial charge >= 0.3 is 0 Å². The van der Waals surface area contributed by atoms with Crippen LogP contribution in [0.2, 0.25) is 0 Å². The molecule has 0 saturated heterocycles. The summed E-state index contributed by atoms with van der Waals surface area (Å²) in [5.41, 5.74) is 2.06. The van der Waals surface area contributed by atoms with E-state index in [1.807, 2.05) is 31.2 Å². The maximum Gasteiger partial charge on any atom is 0.269 e. The Bertz CT molecular complexity index is 735. The van der Waals surface area contributed by atoms with Gasteiger partial charge < -0.3 is 15.4 Å². The maximum absolute atomic E-state index is 10.7. The Labute approximate surface area is 170 Å². The number of benzene rings is 2. The molecule has 26 heavy (non-hydrogen) atoms. The minimum absolute atomic E-state index is 0. The van der Waals surface area contributed by atoms with E-state index >= 15 is 0 Å². The zero-order chi connectivity index (χ0) is 18.1. The quantitative estimate of drug-likeness (QED) is 0.213. The number of nitro benzene ring substituents is 1. The molecule has 0 saturated carbocycles. The van der Waals surface area contributed by atoms with Gasteiger partial charge in [0.1, 0.15) is 5.75 Å². The third-order valence-corrected chi connectivity index (χ3v) is 3.55. The van der Waals surface area contributed by atoms with Crippen LogP contribution in [0.1, 0.15) is 18.1 Å². The van der Waals surface area contributed by atoms with Crippen molar-refractivity contribution >= 4 is 35.6 Å². The monoisotopic (exact) mass is 470 g/mol. The molecule has 0 atom stereocenters. The summed E-state index contributed by atoms with van der Waals surface area (Å²) in [6, 6.07) is 14.3. The fourth-order valence-electron chi connectivity index (χ4n) is 2.27. The number of halogens is 1. The normalized spacial score (nSPS) is 10.6. The van der Waals surface area contributed by atoms with Crippen LogP contribution in [0.25, 0.3) is 0 Å². The van der Waals surface area contributed by atoms with Crippen molar-refractivity contribution in [1.82, 2.24) is 10.6 Å². The summed E-state index contributed by atoms with van der Waals surface area (Å²) in [5.74, 6) is 1.49. The molecule has 0 aliphatic heterocycles. The Morgan fingerprint density at radius 3 is 2.38 bits per heavy atom. The molecule has 0 radical (unpaired) electrons. The summed E-state index contributed by atoms with van der Waals surface area (Å²) in [4.78, 5) is 14.4. The van der Waals surface area contributed by atoms with E-state index in [0.717, 1.165) is 16.9 Å². The molecule has 0 unspecified atom stereocenters. The Morgan fingerprint density at radius 1 is 1.12 bits per heavy atom. The summed E-state index contributed by atoms with van der Waals surface area (Å²) in [7, 11) is 1.69. The average Bonchev–Trinajstić information content (AvgIpc) is 2.63. The molecule has 0 heterocycles.